The van der Waals surface area contributed by atoms with Gasteiger partial charge in [-0.2, -0.15) is 5.10 Å². The number of anilines is 2. The molecule has 0 saturated carbocycles. The van der Waals surface area contributed by atoms with Gasteiger partial charge in [-0.3, -0.25) is 39.0 Å². The van der Waals surface area contributed by atoms with Crippen LogP contribution >= 0.6 is 0 Å². The molecular formula is C40H40F2N8O9. The monoisotopic (exact) mass is 814 g/mol. The van der Waals surface area contributed by atoms with E-state index in [1.807, 2.05) is 0 Å². The number of hydrogen-bond donors (Lipinski definition) is 4. The first kappa shape index (κ1) is 40.5. The number of halogens is 2. The second-order valence-electron chi connectivity index (χ2n) is 14.0. The van der Waals surface area contributed by atoms with Gasteiger partial charge in [-0.05, 0) is 67.8 Å². The van der Waals surface area contributed by atoms with E-state index in [4.69, 9.17) is 25.7 Å². The maximum Gasteiger partial charge on any atom is 0.264 e. The van der Waals surface area contributed by atoms with Crippen LogP contribution in [0.3, 0.4) is 0 Å². The lowest BCUT2D eigenvalue weighted by Crippen LogP contribution is -2.54. The first-order valence-electron chi connectivity index (χ1n) is 18.8. The largest absolute Gasteiger partial charge is 0.454 e. The van der Waals surface area contributed by atoms with Crippen LogP contribution in [-0.4, -0.2) is 107 Å². The third-order valence-corrected chi connectivity index (χ3v) is 10.2. The van der Waals surface area contributed by atoms with Gasteiger partial charge in [0.05, 0.1) is 37.0 Å². The van der Waals surface area contributed by atoms with Crippen molar-refractivity contribution in [1.29, 1.82) is 0 Å². The molecule has 2 atom stereocenters. The Morgan fingerprint density at radius 2 is 1.73 bits per heavy atom. The van der Waals surface area contributed by atoms with Crippen molar-refractivity contribution >= 4 is 46.9 Å². The van der Waals surface area contributed by atoms with Crippen LogP contribution in [0.2, 0.25) is 0 Å². The van der Waals surface area contributed by atoms with Crippen LogP contribution in [0.1, 0.15) is 62.8 Å². The molecule has 19 heteroatoms. The summed E-state index contributed by atoms with van der Waals surface area (Å²) < 4.78 is 45.6. The number of nitrogens with one attached hydrogen (secondary N) is 2. The summed E-state index contributed by atoms with van der Waals surface area (Å²) >= 11 is 0. The van der Waals surface area contributed by atoms with E-state index < -0.39 is 47.2 Å². The molecule has 7 rings (SSSR count). The number of nitrogen functional groups attached to an aromatic ring is 1. The van der Waals surface area contributed by atoms with Gasteiger partial charge < -0.3 is 35.9 Å². The number of amides is 6. The van der Waals surface area contributed by atoms with Crippen molar-refractivity contribution in [1.82, 2.24) is 24.9 Å². The zero-order valence-electron chi connectivity index (χ0n) is 31.6. The predicted octanol–water partition coefficient (Wildman–Crippen LogP) is 3.01. The fourth-order valence-corrected chi connectivity index (χ4v) is 7.31. The number of likely N-dealkylation sites (tertiary alicyclic amines) is 1. The molecule has 59 heavy (non-hydrogen) atoms. The van der Waals surface area contributed by atoms with Crippen molar-refractivity contribution in [2.75, 3.05) is 57.1 Å². The van der Waals surface area contributed by atoms with Crippen molar-refractivity contribution in [3.63, 3.8) is 0 Å². The van der Waals surface area contributed by atoms with Crippen LogP contribution in [0.4, 0.5) is 20.3 Å². The van der Waals surface area contributed by atoms with E-state index in [1.54, 1.807) is 29.2 Å². The van der Waals surface area contributed by atoms with Crippen LogP contribution in [-0.2, 0) is 23.9 Å². The fraction of sp³-hybridized carbons (Fsp3) is 0.325. The van der Waals surface area contributed by atoms with Gasteiger partial charge in [-0.25, -0.2) is 13.5 Å². The normalized spacial score (nSPS) is 17.9. The summed E-state index contributed by atoms with van der Waals surface area (Å²) in [5, 5.41) is 9.91. The zero-order valence-corrected chi connectivity index (χ0v) is 31.6. The van der Waals surface area contributed by atoms with Gasteiger partial charge in [0.1, 0.15) is 41.3 Å². The first-order valence-corrected chi connectivity index (χ1v) is 18.8. The highest BCUT2D eigenvalue weighted by molar-refractivity contribution is 6.25. The minimum Gasteiger partial charge on any atom is -0.454 e. The Morgan fingerprint density at radius 3 is 2.47 bits per heavy atom. The number of imide groups is 2. The van der Waals surface area contributed by atoms with Gasteiger partial charge in [0.25, 0.3) is 17.7 Å². The molecule has 3 aliphatic heterocycles. The highest BCUT2D eigenvalue weighted by atomic mass is 19.1. The third-order valence-electron chi connectivity index (χ3n) is 10.2. The number of carbonyl (C=O) groups excluding carboxylic acids is 6. The molecule has 3 aliphatic rings. The molecule has 0 spiro atoms. The fourth-order valence-electron chi connectivity index (χ4n) is 7.31. The van der Waals surface area contributed by atoms with Crippen LogP contribution in [0.15, 0.2) is 60.7 Å². The topological polar surface area (TPSA) is 231 Å². The summed E-state index contributed by atoms with van der Waals surface area (Å²) in [6.07, 6.45) is 1.35. The number of nitrogens with zero attached hydrogens (tertiary/aromatic N) is 4. The van der Waals surface area contributed by atoms with Crippen molar-refractivity contribution < 1.29 is 51.8 Å². The SMILES string of the molecule is NC(=O)c1c(-c2ccc(Oc3ccc(F)cc3F)cc2)nn([C@@H]2CCCN(C(=O)COCCOCCNc3cccc4c3C(=O)N(C3CCC(=O)NC3=O)C4=O)C2)c1N. The molecule has 1 aromatic heterocycles. The molecule has 4 heterocycles. The van der Waals surface area contributed by atoms with Gasteiger partial charge in [0.15, 0.2) is 11.6 Å². The number of hydrogen-bond acceptors (Lipinski definition) is 12. The van der Waals surface area contributed by atoms with Crippen LogP contribution in [0.25, 0.3) is 11.3 Å². The van der Waals surface area contributed by atoms with Crippen molar-refractivity contribution in [3.05, 3.63) is 89.0 Å². The summed E-state index contributed by atoms with van der Waals surface area (Å²) in [6.45, 7) is 1.32. The molecular weight excluding hydrogens is 774 g/mol. The number of piperidine rings is 2. The Morgan fingerprint density at radius 1 is 0.949 bits per heavy atom. The molecule has 2 fully saturated rings. The predicted molar refractivity (Wildman–Crippen MR) is 205 cm³/mol. The Hall–Kier alpha value is -6.73. The molecule has 308 valence electrons. The zero-order chi connectivity index (χ0) is 41.8. The van der Waals surface area contributed by atoms with Crippen molar-refractivity contribution in [3.8, 4) is 22.8 Å². The number of ether oxygens (including phenoxy) is 3. The average molecular weight is 815 g/mol. The maximum atomic E-state index is 14.1. The quantitative estimate of drug-likeness (QED) is 0.100. The van der Waals surface area contributed by atoms with Gasteiger partial charge in [-0.1, -0.05) is 6.07 Å². The molecule has 2 saturated heterocycles. The molecule has 17 nitrogen and oxygen atoms in total. The van der Waals surface area contributed by atoms with Crippen LogP contribution in [0, 0.1) is 11.6 Å². The highest BCUT2D eigenvalue weighted by Gasteiger charge is 2.45. The molecule has 1 unspecified atom stereocenters. The number of fused-ring (bicyclic) bond motifs is 1. The number of benzene rings is 3. The summed E-state index contributed by atoms with van der Waals surface area (Å²) in [6, 6.07) is 12.6. The molecule has 0 bridgehead atoms. The van der Waals surface area contributed by atoms with E-state index in [1.165, 1.54) is 28.9 Å². The Bertz CT molecular complexity index is 2320. The lowest BCUT2D eigenvalue weighted by Gasteiger charge is -2.33. The van der Waals surface area contributed by atoms with Crippen LogP contribution < -0.4 is 26.8 Å². The van der Waals surface area contributed by atoms with Crippen molar-refractivity contribution in [2.45, 2.75) is 37.8 Å². The van der Waals surface area contributed by atoms with Crippen LogP contribution in [0.5, 0.6) is 11.5 Å². The smallest absolute Gasteiger partial charge is 0.264 e. The Kier molecular flexibility index (Phi) is 11.9. The summed E-state index contributed by atoms with van der Waals surface area (Å²) in [5.41, 5.74) is 13.6. The molecule has 0 aliphatic carbocycles. The van der Waals surface area contributed by atoms with E-state index in [0.717, 1.165) is 11.0 Å². The van der Waals surface area contributed by atoms with E-state index in [2.05, 4.69) is 15.7 Å². The standard InChI is InChI=1S/C40H40F2N8O9/c41-23-8-12-30(27(42)19-23)59-25-9-6-22(7-10-25)35-34(37(44)53)36(43)50(47-35)24-3-2-15-48(20-24)32(52)21-58-18-17-57-16-14-45-28-5-1-4-26-33(28)40(56)49(39(26)55)29-11-13-31(51)46-38(29)54/h1,4-10,12,19,24,29,45H,2-3,11,13-18,20-21,43H2,(H2,44,53)(H,46,51,54)/t24-,29?/m1/s1. The average Bonchev–Trinajstić information content (AvgIpc) is 3.70. The van der Waals surface area contributed by atoms with E-state index in [0.29, 0.717) is 36.7 Å². The molecule has 6 N–H and O–H groups in total. The lowest BCUT2D eigenvalue weighted by molar-refractivity contribution is -0.138. The number of aromatic nitrogens is 2. The first-order chi connectivity index (χ1) is 28.4. The van der Waals surface area contributed by atoms with Gasteiger partial charge in [0, 0.05) is 43.4 Å². The number of nitrogens with two attached hydrogens (primary N) is 2. The third kappa shape index (κ3) is 8.60. The second-order valence-corrected chi connectivity index (χ2v) is 14.0. The van der Waals surface area contributed by atoms with E-state index >= 15 is 0 Å². The Labute approximate surface area is 335 Å². The highest BCUT2D eigenvalue weighted by Crippen LogP contribution is 2.35. The Balaban J connectivity index is 0.868. The summed E-state index contributed by atoms with van der Waals surface area (Å²) in [7, 11) is 0. The molecule has 6 amide bonds. The molecule has 3 aromatic carbocycles. The number of primary amides is 1. The van der Waals surface area contributed by atoms with Gasteiger partial charge in [-0.15, -0.1) is 0 Å². The maximum absolute atomic E-state index is 14.1. The van der Waals surface area contributed by atoms with Gasteiger partial charge >= 0.3 is 0 Å². The minimum atomic E-state index is -1.07. The second kappa shape index (κ2) is 17.4. The summed E-state index contributed by atoms with van der Waals surface area (Å²) in [4.78, 5) is 78.5. The number of carbonyl (C=O) groups is 6. The van der Waals surface area contributed by atoms with Gasteiger partial charge in [0.2, 0.25) is 17.7 Å². The molecule has 0 radical (unpaired) electrons. The lowest BCUT2D eigenvalue weighted by atomic mass is 10.0. The number of rotatable bonds is 15. The minimum absolute atomic E-state index is 0.0120. The van der Waals surface area contributed by atoms with E-state index in [-0.39, 0.29) is 104 Å². The van der Waals surface area contributed by atoms with E-state index in [9.17, 15) is 37.5 Å². The van der Waals surface area contributed by atoms with Crippen molar-refractivity contribution in [2.24, 2.45) is 5.73 Å². The summed E-state index contributed by atoms with van der Waals surface area (Å²) in [5.74, 6) is -4.85. The molecule has 4 aromatic rings.